The molecule has 1 unspecified atom stereocenters. The van der Waals surface area contributed by atoms with Gasteiger partial charge in [0.05, 0.1) is 0 Å². The molecule has 0 spiro atoms. The minimum Gasteiger partial charge on any atom is -0.462 e. The van der Waals surface area contributed by atoms with Gasteiger partial charge in [-0.05, 0) is 103 Å². The van der Waals surface area contributed by atoms with E-state index in [0.29, 0.717) is 19.3 Å². The van der Waals surface area contributed by atoms with Gasteiger partial charge in [-0.15, -0.1) is 0 Å². The lowest BCUT2D eigenvalue weighted by molar-refractivity contribution is -0.167. The van der Waals surface area contributed by atoms with Crippen LogP contribution < -0.4 is 0 Å². The van der Waals surface area contributed by atoms with Crippen molar-refractivity contribution in [2.45, 2.75) is 380 Å². The third-order valence-electron chi connectivity index (χ3n) is 15.7. The van der Waals surface area contributed by atoms with Crippen molar-refractivity contribution in [1.29, 1.82) is 0 Å². The summed E-state index contributed by atoms with van der Waals surface area (Å²) in [5, 5.41) is 0. The molecule has 80 heavy (non-hydrogen) atoms. The smallest absolute Gasteiger partial charge is 0.306 e. The van der Waals surface area contributed by atoms with Crippen LogP contribution in [0.25, 0.3) is 0 Å². The van der Waals surface area contributed by atoms with Crippen molar-refractivity contribution in [1.82, 2.24) is 0 Å². The van der Waals surface area contributed by atoms with E-state index in [1.54, 1.807) is 0 Å². The Hall–Kier alpha value is -2.89. The molecule has 6 heteroatoms. The predicted octanol–water partition coefficient (Wildman–Crippen LogP) is 24.3. The average Bonchev–Trinajstić information content (AvgIpc) is 3.46. The summed E-state index contributed by atoms with van der Waals surface area (Å²) in [5.74, 6) is -0.885. The topological polar surface area (TPSA) is 78.9 Å². The maximum Gasteiger partial charge on any atom is 0.306 e. The summed E-state index contributed by atoms with van der Waals surface area (Å²) in [4.78, 5) is 38.3. The van der Waals surface area contributed by atoms with Crippen LogP contribution in [0.15, 0.2) is 60.8 Å². The van der Waals surface area contributed by atoms with E-state index in [1.807, 2.05) is 0 Å². The molecular formula is C74H134O6. The second-order valence-electron chi connectivity index (χ2n) is 23.8. The number of allylic oxidation sites excluding steroid dienone is 10. The molecule has 6 nitrogen and oxygen atoms in total. The Morgan fingerprint density at radius 3 is 0.787 bits per heavy atom. The van der Waals surface area contributed by atoms with E-state index in [0.717, 1.165) is 96.3 Å². The molecule has 0 saturated heterocycles. The van der Waals surface area contributed by atoms with Crippen molar-refractivity contribution >= 4 is 17.9 Å². The first-order chi connectivity index (χ1) is 39.5. The van der Waals surface area contributed by atoms with E-state index in [-0.39, 0.29) is 31.1 Å². The molecule has 0 aromatic heterocycles. The molecule has 0 aromatic carbocycles. The number of ether oxygens (including phenoxy) is 3. The molecule has 0 heterocycles. The molecule has 0 saturated carbocycles. The van der Waals surface area contributed by atoms with Crippen molar-refractivity contribution in [3.05, 3.63) is 60.8 Å². The highest BCUT2D eigenvalue weighted by Gasteiger charge is 2.19. The highest BCUT2D eigenvalue weighted by molar-refractivity contribution is 5.71. The summed E-state index contributed by atoms with van der Waals surface area (Å²) in [6, 6.07) is 0. The van der Waals surface area contributed by atoms with E-state index < -0.39 is 6.10 Å². The van der Waals surface area contributed by atoms with E-state index in [2.05, 4.69) is 81.5 Å². The molecular weight excluding hydrogens is 985 g/mol. The zero-order valence-corrected chi connectivity index (χ0v) is 53.6. The first-order valence-corrected chi connectivity index (χ1v) is 35.3. The fourth-order valence-corrected chi connectivity index (χ4v) is 10.4. The van der Waals surface area contributed by atoms with E-state index in [1.165, 1.54) is 238 Å². The molecule has 0 amide bonds. The van der Waals surface area contributed by atoms with Crippen LogP contribution in [0, 0.1) is 0 Å². The Balaban J connectivity index is 4.08. The SMILES string of the molecule is CCC/C=C\CCCCCCCC(=O)OCC(COC(=O)CCCCCCCCCCCCCCCCCCCCCCC/C=C\CCCCCCCCCC)OC(=O)CCCCCCCC/C=C\C/C=C\C/C=C\CCCCC. The monoisotopic (exact) mass is 1120 g/mol. The highest BCUT2D eigenvalue weighted by atomic mass is 16.6. The molecule has 0 aliphatic rings. The number of rotatable bonds is 65. The zero-order chi connectivity index (χ0) is 57.8. The first-order valence-electron chi connectivity index (χ1n) is 35.3. The van der Waals surface area contributed by atoms with Gasteiger partial charge in [-0.1, -0.05) is 313 Å². The molecule has 0 bridgehead atoms. The van der Waals surface area contributed by atoms with Crippen LogP contribution in [0.2, 0.25) is 0 Å². The van der Waals surface area contributed by atoms with Crippen LogP contribution in [0.5, 0.6) is 0 Å². The Labute approximate surface area is 498 Å². The number of carbonyl (C=O) groups excluding carboxylic acids is 3. The van der Waals surface area contributed by atoms with Gasteiger partial charge < -0.3 is 14.2 Å². The molecule has 0 fully saturated rings. The van der Waals surface area contributed by atoms with E-state index in [4.69, 9.17) is 14.2 Å². The molecule has 466 valence electrons. The summed E-state index contributed by atoms with van der Waals surface area (Å²) in [5.41, 5.74) is 0. The van der Waals surface area contributed by atoms with Crippen molar-refractivity contribution in [2.24, 2.45) is 0 Å². The molecule has 0 rings (SSSR count). The summed E-state index contributed by atoms with van der Waals surface area (Å²) >= 11 is 0. The van der Waals surface area contributed by atoms with Crippen molar-refractivity contribution in [2.75, 3.05) is 13.2 Å². The molecule has 0 aliphatic heterocycles. The van der Waals surface area contributed by atoms with Crippen molar-refractivity contribution < 1.29 is 28.6 Å². The van der Waals surface area contributed by atoms with Gasteiger partial charge in [0.2, 0.25) is 0 Å². The number of esters is 3. The Morgan fingerprint density at radius 1 is 0.250 bits per heavy atom. The average molecular weight is 1120 g/mol. The Kier molecular flexibility index (Phi) is 66.1. The van der Waals surface area contributed by atoms with Gasteiger partial charge in [-0.25, -0.2) is 0 Å². The molecule has 0 N–H and O–H groups in total. The lowest BCUT2D eigenvalue weighted by atomic mass is 10.0. The van der Waals surface area contributed by atoms with Gasteiger partial charge >= 0.3 is 17.9 Å². The molecule has 0 aromatic rings. The highest BCUT2D eigenvalue weighted by Crippen LogP contribution is 2.18. The van der Waals surface area contributed by atoms with E-state index >= 15 is 0 Å². The van der Waals surface area contributed by atoms with E-state index in [9.17, 15) is 14.4 Å². The largest absolute Gasteiger partial charge is 0.462 e. The normalized spacial score (nSPS) is 12.4. The van der Waals surface area contributed by atoms with Gasteiger partial charge in [-0.3, -0.25) is 14.4 Å². The summed E-state index contributed by atoms with van der Waals surface area (Å²) < 4.78 is 16.9. The Morgan fingerprint density at radius 2 is 0.475 bits per heavy atom. The minimum atomic E-state index is -0.784. The molecule has 0 radical (unpaired) electrons. The summed E-state index contributed by atoms with van der Waals surface area (Å²) in [7, 11) is 0. The minimum absolute atomic E-state index is 0.0792. The predicted molar refractivity (Wildman–Crippen MR) is 348 cm³/mol. The lowest BCUT2D eigenvalue weighted by Gasteiger charge is -2.18. The fraction of sp³-hybridized carbons (Fsp3) is 0.824. The second-order valence-corrected chi connectivity index (χ2v) is 23.8. The summed E-state index contributed by atoms with van der Waals surface area (Å²) in [6.45, 7) is 6.58. The zero-order valence-electron chi connectivity index (χ0n) is 53.6. The van der Waals surface area contributed by atoms with Gasteiger partial charge in [-0.2, -0.15) is 0 Å². The maximum atomic E-state index is 12.9. The maximum absolute atomic E-state index is 12.9. The number of carbonyl (C=O) groups is 3. The number of hydrogen-bond acceptors (Lipinski definition) is 6. The van der Waals surface area contributed by atoms with Crippen LogP contribution in [-0.2, 0) is 28.6 Å². The van der Waals surface area contributed by atoms with Gasteiger partial charge in [0.15, 0.2) is 6.10 Å². The standard InChI is InChI=1S/C74H134O6/c1-4-7-10-13-16-19-22-24-26-28-30-31-32-33-34-35-36-37-38-39-40-41-42-43-45-46-48-50-52-55-58-61-64-67-73(76)79-70-71(69-78-72(75)66-63-60-57-54-21-18-15-12-9-6-3)80-74(77)68-65-62-59-56-53-51-49-47-44-29-27-25-23-20-17-14-11-8-5-2/h12,15,17,20,25,27-28,30,44,47,71H,4-11,13-14,16,18-19,21-24,26,29,31-43,45-46,48-70H2,1-3H3/b15-12-,20-17-,27-25-,30-28-,47-44-. The molecule has 1 atom stereocenters. The third kappa shape index (κ3) is 65.9. The second kappa shape index (κ2) is 68.6. The van der Waals surface area contributed by atoms with Crippen LogP contribution >= 0.6 is 0 Å². The lowest BCUT2D eigenvalue weighted by Crippen LogP contribution is -2.30. The van der Waals surface area contributed by atoms with Crippen molar-refractivity contribution in [3.63, 3.8) is 0 Å². The number of unbranched alkanes of at least 4 members (excludes halogenated alkanes) is 44. The Bertz CT molecular complexity index is 1430. The molecule has 0 aliphatic carbocycles. The van der Waals surface area contributed by atoms with Gasteiger partial charge in [0.1, 0.15) is 13.2 Å². The quantitative estimate of drug-likeness (QED) is 0.0261. The first kappa shape index (κ1) is 77.1. The van der Waals surface area contributed by atoms with Crippen LogP contribution in [0.1, 0.15) is 374 Å². The van der Waals surface area contributed by atoms with Crippen LogP contribution in [-0.4, -0.2) is 37.2 Å². The fourth-order valence-electron chi connectivity index (χ4n) is 10.4. The van der Waals surface area contributed by atoms with Gasteiger partial charge in [0, 0.05) is 19.3 Å². The van der Waals surface area contributed by atoms with Crippen molar-refractivity contribution in [3.8, 4) is 0 Å². The number of hydrogen-bond donors (Lipinski definition) is 0. The third-order valence-corrected chi connectivity index (χ3v) is 15.7. The van der Waals surface area contributed by atoms with Crippen LogP contribution in [0.4, 0.5) is 0 Å². The van der Waals surface area contributed by atoms with Gasteiger partial charge in [0.25, 0.3) is 0 Å². The van der Waals surface area contributed by atoms with Crippen LogP contribution in [0.3, 0.4) is 0 Å². The summed E-state index contributed by atoms with van der Waals surface area (Å²) in [6.07, 6.45) is 88.5.